The maximum Gasteiger partial charge on any atom is 0.338 e. The number of ether oxygens (including phenoxy) is 2. The highest BCUT2D eigenvalue weighted by molar-refractivity contribution is 5.90. The zero-order valence-electron chi connectivity index (χ0n) is 22.8. The van der Waals surface area contributed by atoms with Crippen LogP contribution < -0.4 is 0 Å². The van der Waals surface area contributed by atoms with Crippen LogP contribution in [0.3, 0.4) is 0 Å². The first kappa shape index (κ1) is 26.0. The molecule has 2 aromatic carbocycles. The molecule has 39 heavy (non-hydrogen) atoms. The van der Waals surface area contributed by atoms with E-state index in [1.54, 1.807) is 24.3 Å². The lowest BCUT2D eigenvalue weighted by Gasteiger charge is -2.67. The number of Topliss-reactive ketones (excluding diaryl/α,β-unsaturated/α-hetero) is 1. The Balaban J connectivity index is 1.33. The Morgan fingerprint density at radius 3 is 2.10 bits per heavy atom. The Morgan fingerprint density at radius 2 is 1.49 bits per heavy atom. The highest BCUT2D eigenvalue weighted by atomic mass is 16.5. The number of carbonyl (C=O) groups is 3. The molecule has 204 valence electrons. The molecule has 2 bridgehead atoms. The van der Waals surface area contributed by atoms with Gasteiger partial charge >= 0.3 is 11.9 Å². The lowest BCUT2D eigenvalue weighted by atomic mass is 9.36. The smallest absolute Gasteiger partial charge is 0.338 e. The van der Waals surface area contributed by atoms with Crippen LogP contribution in [-0.2, 0) is 14.3 Å². The van der Waals surface area contributed by atoms with Crippen LogP contribution in [0, 0.1) is 34.0 Å². The molecule has 5 saturated carbocycles. The van der Waals surface area contributed by atoms with E-state index in [0.717, 1.165) is 44.9 Å². The highest BCUT2D eigenvalue weighted by Gasteiger charge is 2.69. The largest absolute Gasteiger partial charge is 0.462 e. The lowest BCUT2D eigenvalue weighted by Crippen LogP contribution is -2.66. The van der Waals surface area contributed by atoms with Gasteiger partial charge in [0.25, 0.3) is 0 Å². The molecule has 1 spiro atoms. The van der Waals surface area contributed by atoms with Crippen LogP contribution in [0.25, 0.3) is 0 Å². The van der Waals surface area contributed by atoms with Crippen molar-refractivity contribution >= 4 is 17.7 Å². The number of allylic oxidation sites excluding steroid dienone is 1. The summed E-state index contributed by atoms with van der Waals surface area (Å²) in [7, 11) is 0. The Kier molecular flexibility index (Phi) is 6.52. The van der Waals surface area contributed by atoms with Gasteiger partial charge in [-0.3, -0.25) is 4.79 Å². The van der Waals surface area contributed by atoms with Crippen LogP contribution in [0.4, 0.5) is 0 Å². The second kappa shape index (κ2) is 9.76. The molecule has 0 N–H and O–H groups in total. The average Bonchev–Trinajstić information content (AvgIpc) is 2.97. The first-order chi connectivity index (χ1) is 18.8. The average molecular weight is 527 g/mol. The van der Waals surface area contributed by atoms with Crippen molar-refractivity contribution in [2.75, 3.05) is 13.2 Å². The van der Waals surface area contributed by atoms with Crippen molar-refractivity contribution in [3.63, 3.8) is 0 Å². The van der Waals surface area contributed by atoms with Crippen molar-refractivity contribution in [1.29, 1.82) is 0 Å². The summed E-state index contributed by atoms with van der Waals surface area (Å²) in [6, 6.07) is 18.2. The molecule has 6 unspecified atom stereocenters. The summed E-state index contributed by atoms with van der Waals surface area (Å²) in [5, 5.41) is 0. The van der Waals surface area contributed by atoms with Gasteiger partial charge in [0.2, 0.25) is 0 Å². The minimum Gasteiger partial charge on any atom is -0.462 e. The first-order valence-corrected chi connectivity index (χ1v) is 14.4. The van der Waals surface area contributed by atoms with E-state index >= 15 is 0 Å². The van der Waals surface area contributed by atoms with E-state index in [1.807, 2.05) is 36.4 Å². The van der Waals surface area contributed by atoms with Gasteiger partial charge < -0.3 is 9.47 Å². The van der Waals surface area contributed by atoms with Gasteiger partial charge in [0.1, 0.15) is 5.78 Å². The molecule has 6 atom stereocenters. The quantitative estimate of drug-likeness (QED) is 0.305. The molecular formula is C34H38O5. The summed E-state index contributed by atoms with van der Waals surface area (Å²) in [4.78, 5) is 40.2. The molecule has 5 aliphatic carbocycles. The molecule has 5 fully saturated rings. The maximum atomic E-state index is 14.1. The number of hydrogen-bond donors (Lipinski definition) is 0. The summed E-state index contributed by atoms with van der Waals surface area (Å²) >= 11 is 0. The number of carbonyl (C=O) groups excluding carboxylic acids is 3. The minimum absolute atomic E-state index is 0.0263. The zero-order chi connectivity index (χ0) is 27.3. The summed E-state index contributed by atoms with van der Waals surface area (Å²) < 4.78 is 12.1. The van der Waals surface area contributed by atoms with Gasteiger partial charge in [-0.05, 0) is 80.5 Å². The Labute approximate surface area is 231 Å². The van der Waals surface area contributed by atoms with Crippen LogP contribution in [0.5, 0.6) is 0 Å². The van der Waals surface area contributed by atoms with Crippen LogP contribution in [0.2, 0.25) is 0 Å². The Morgan fingerprint density at radius 1 is 0.872 bits per heavy atom. The number of esters is 2. The molecule has 5 heteroatoms. The van der Waals surface area contributed by atoms with Crippen molar-refractivity contribution < 1.29 is 23.9 Å². The fraction of sp³-hybridized carbons (Fsp3) is 0.500. The second-order valence-electron chi connectivity index (χ2n) is 12.8. The molecule has 0 aromatic heterocycles. The van der Waals surface area contributed by atoms with Gasteiger partial charge in [0.05, 0.1) is 24.3 Å². The third-order valence-electron chi connectivity index (χ3n) is 10.8. The van der Waals surface area contributed by atoms with Crippen molar-refractivity contribution in [3.8, 4) is 0 Å². The minimum atomic E-state index is -0.402. The van der Waals surface area contributed by atoms with Crippen LogP contribution in [0.15, 0.2) is 72.8 Å². The van der Waals surface area contributed by atoms with E-state index in [4.69, 9.17) is 9.47 Å². The third-order valence-corrected chi connectivity index (χ3v) is 10.8. The maximum absolute atomic E-state index is 14.1. The van der Waals surface area contributed by atoms with Crippen molar-refractivity contribution in [2.45, 2.75) is 58.3 Å². The van der Waals surface area contributed by atoms with Crippen LogP contribution in [-0.4, -0.2) is 30.9 Å². The second-order valence-corrected chi connectivity index (χ2v) is 12.8. The van der Waals surface area contributed by atoms with Gasteiger partial charge in [-0.2, -0.15) is 0 Å². The number of benzene rings is 2. The van der Waals surface area contributed by atoms with Crippen LogP contribution >= 0.6 is 0 Å². The van der Waals surface area contributed by atoms with Gasteiger partial charge in [-0.1, -0.05) is 61.9 Å². The molecule has 7 rings (SSSR count). The number of rotatable bonds is 6. The standard InChI is InChI=1S/C34H38O5/c1-23-20-33-17-14-26(23)18-28(33)34(22-39-31(37)25-12-7-4-8-13-25)16-9-15-32(2,27(34)19-29(33)35)21-38-30(36)24-10-5-3-6-11-24/h3-8,10-13,26-28H,1,9,14-22H2,2H3. The predicted octanol–water partition coefficient (Wildman–Crippen LogP) is 6.83. The lowest BCUT2D eigenvalue weighted by molar-refractivity contribution is -0.201. The van der Waals surface area contributed by atoms with Gasteiger partial charge in [-0.15, -0.1) is 0 Å². The van der Waals surface area contributed by atoms with Crippen molar-refractivity contribution in [3.05, 3.63) is 83.9 Å². The Bertz CT molecular complexity index is 1290. The summed E-state index contributed by atoms with van der Waals surface area (Å²) in [5.74, 6) is 0.228. The SMILES string of the molecule is C=C1CC23CCC1CC2C1(COC(=O)c2ccccc2)CCCC(C)(COC(=O)c2ccccc2)C1CC3=O. The van der Waals surface area contributed by atoms with Crippen LogP contribution in [0.1, 0.15) is 79.0 Å². The van der Waals surface area contributed by atoms with Gasteiger partial charge in [-0.25, -0.2) is 9.59 Å². The predicted molar refractivity (Wildman–Crippen MR) is 148 cm³/mol. The normalized spacial score (nSPS) is 35.1. The molecule has 0 saturated heterocycles. The molecule has 0 heterocycles. The highest BCUT2D eigenvalue weighted by Crippen LogP contribution is 2.71. The van der Waals surface area contributed by atoms with Gasteiger partial charge in [0.15, 0.2) is 0 Å². The first-order valence-electron chi connectivity index (χ1n) is 14.4. The molecule has 0 radical (unpaired) electrons. The summed E-state index contributed by atoms with van der Waals surface area (Å²) in [6.45, 7) is 7.09. The molecule has 0 aliphatic heterocycles. The molecule has 2 aromatic rings. The number of hydrogen-bond acceptors (Lipinski definition) is 5. The van der Waals surface area contributed by atoms with Crippen molar-refractivity contribution in [1.82, 2.24) is 0 Å². The number of fused-ring (bicyclic) bond motifs is 3. The van der Waals surface area contributed by atoms with E-state index in [1.165, 1.54) is 5.57 Å². The fourth-order valence-corrected chi connectivity index (χ4v) is 8.89. The van der Waals surface area contributed by atoms with E-state index in [2.05, 4.69) is 13.5 Å². The fourth-order valence-electron chi connectivity index (χ4n) is 8.89. The molecule has 0 amide bonds. The summed E-state index contributed by atoms with van der Waals surface area (Å²) in [5.41, 5.74) is 1.18. The zero-order valence-corrected chi connectivity index (χ0v) is 22.8. The van der Waals surface area contributed by atoms with E-state index in [-0.39, 0.29) is 41.2 Å². The van der Waals surface area contributed by atoms with Crippen molar-refractivity contribution in [2.24, 2.45) is 34.0 Å². The van der Waals surface area contributed by atoms with E-state index < -0.39 is 5.41 Å². The number of ketones is 1. The Hall–Kier alpha value is -3.21. The van der Waals surface area contributed by atoms with E-state index in [9.17, 15) is 14.4 Å². The van der Waals surface area contributed by atoms with Gasteiger partial charge in [0, 0.05) is 22.7 Å². The monoisotopic (exact) mass is 526 g/mol. The molecular weight excluding hydrogens is 488 g/mol. The topological polar surface area (TPSA) is 69.7 Å². The summed E-state index contributed by atoms with van der Waals surface area (Å²) in [6.07, 6.45) is 6.81. The van der Waals surface area contributed by atoms with E-state index in [0.29, 0.717) is 35.9 Å². The third kappa shape index (κ3) is 4.25. The molecule has 5 nitrogen and oxygen atoms in total. The molecule has 5 aliphatic rings.